The second kappa shape index (κ2) is 7.22. The molecule has 0 aromatic heterocycles. The number of nitrogens with one attached hydrogen (secondary N) is 2. The first kappa shape index (κ1) is 15.5. The third-order valence-electron chi connectivity index (χ3n) is 3.85. The largest absolute Gasteiger partial charge is 0.481 e. The number of carbonyl (C=O) groups excluding carboxylic acids is 1. The van der Waals surface area contributed by atoms with Crippen LogP contribution in [0, 0.1) is 0 Å². The van der Waals surface area contributed by atoms with E-state index >= 15 is 0 Å². The molecule has 2 atom stereocenters. The summed E-state index contributed by atoms with van der Waals surface area (Å²) in [5.74, 6) is -0.837. The van der Waals surface area contributed by atoms with E-state index in [1.807, 2.05) is 31.2 Å². The molecule has 3 N–H and O–H groups in total. The van der Waals surface area contributed by atoms with Crippen molar-refractivity contribution in [1.82, 2.24) is 5.32 Å². The van der Waals surface area contributed by atoms with Crippen LogP contribution in [0.25, 0.3) is 0 Å². The number of carboxylic acids is 1. The smallest absolute Gasteiger partial charge is 0.303 e. The fourth-order valence-corrected chi connectivity index (χ4v) is 2.58. The number of carboxylic acid groups (broad SMARTS) is 1. The predicted molar refractivity (Wildman–Crippen MR) is 81.4 cm³/mol. The number of benzene rings is 1. The summed E-state index contributed by atoms with van der Waals surface area (Å²) in [5, 5.41) is 14.9. The number of rotatable bonds is 5. The van der Waals surface area contributed by atoms with Crippen LogP contribution in [0.5, 0.6) is 0 Å². The second-order valence-electron chi connectivity index (χ2n) is 5.61. The van der Waals surface area contributed by atoms with E-state index in [9.17, 15) is 9.59 Å². The predicted octanol–water partition coefficient (Wildman–Crippen LogP) is 2.35. The molecule has 1 aliphatic rings. The molecule has 1 amide bonds. The molecule has 1 heterocycles. The molecule has 114 valence electrons. The minimum absolute atomic E-state index is 0.000958. The van der Waals surface area contributed by atoms with E-state index in [4.69, 9.17) is 5.11 Å². The van der Waals surface area contributed by atoms with Crippen LogP contribution in [0.1, 0.15) is 44.1 Å². The summed E-state index contributed by atoms with van der Waals surface area (Å²) < 4.78 is 0. The van der Waals surface area contributed by atoms with Crippen molar-refractivity contribution in [3.05, 3.63) is 29.8 Å². The molecule has 1 aromatic carbocycles. The number of anilines is 1. The van der Waals surface area contributed by atoms with Crippen LogP contribution < -0.4 is 10.6 Å². The van der Waals surface area contributed by atoms with Crippen molar-refractivity contribution in [2.45, 2.75) is 44.6 Å². The summed E-state index contributed by atoms with van der Waals surface area (Å²) in [6, 6.07) is 7.29. The van der Waals surface area contributed by atoms with Crippen molar-refractivity contribution in [3.8, 4) is 0 Å². The molecule has 0 radical (unpaired) electrons. The van der Waals surface area contributed by atoms with Crippen molar-refractivity contribution in [3.63, 3.8) is 0 Å². The van der Waals surface area contributed by atoms with E-state index in [0.29, 0.717) is 0 Å². The van der Waals surface area contributed by atoms with Crippen LogP contribution in [0.2, 0.25) is 0 Å². The summed E-state index contributed by atoms with van der Waals surface area (Å²) in [7, 11) is 0. The number of piperidine rings is 1. The van der Waals surface area contributed by atoms with Gasteiger partial charge in [0.25, 0.3) is 0 Å². The van der Waals surface area contributed by atoms with Crippen molar-refractivity contribution < 1.29 is 14.7 Å². The highest BCUT2D eigenvalue weighted by atomic mass is 16.4. The average molecular weight is 290 g/mol. The number of amides is 1. The lowest BCUT2D eigenvalue weighted by Crippen LogP contribution is -2.43. The van der Waals surface area contributed by atoms with E-state index in [0.717, 1.165) is 37.1 Å². The molecule has 1 unspecified atom stereocenters. The van der Waals surface area contributed by atoms with Crippen molar-refractivity contribution in [2.75, 3.05) is 11.9 Å². The Morgan fingerprint density at radius 1 is 1.33 bits per heavy atom. The zero-order chi connectivity index (χ0) is 15.2. The Labute approximate surface area is 124 Å². The van der Waals surface area contributed by atoms with Crippen molar-refractivity contribution in [1.29, 1.82) is 0 Å². The Bertz CT molecular complexity index is 493. The van der Waals surface area contributed by atoms with Gasteiger partial charge >= 0.3 is 5.97 Å². The van der Waals surface area contributed by atoms with E-state index in [1.54, 1.807) is 0 Å². The van der Waals surface area contributed by atoms with Gasteiger partial charge in [0.2, 0.25) is 5.91 Å². The standard InChI is InChI=1S/C16H22N2O3/c1-11(10-15(19)20)12-5-7-13(8-6-12)18-16(21)14-4-2-3-9-17-14/h5-8,11,14,17H,2-4,9-10H2,1H3,(H,18,21)(H,19,20)/t11?,14-/m1/s1. The first-order valence-electron chi connectivity index (χ1n) is 7.42. The van der Waals surface area contributed by atoms with Gasteiger partial charge in [-0.15, -0.1) is 0 Å². The molecule has 1 aliphatic heterocycles. The van der Waals surface area contributed by atoms with E-state index in [-0.39, 0.29) is 24.3 Å². The Balaban J connectivity index is 1.92. The molecule has 0 spiro atoms. The molecular formula is C16H22N2O3. The second-order valence-corrected chi connectivity index (χ2v) is 5.61. The molecule has 5 heteroatoms. The Kier molecular flexibility index (Phi) is 5.33. The summed E-state index contributed by atoms with van der Waals surface area (Å²) in [6.07, 6.45) is 3.19. The third-order valence-corrected chi connectivity index (χ3v) is 3.85. The first-order valence-corrected chi connectivity index (χ1v) is 7.42. The third kappa shape index (κ3) is 4.56. The summed E-state index contributed by atoms with van der Waals surface area (Å²) in [4.78, 5) is 22.8. The van der Waals surface area contributed by atoms with Gasteiger partial charge in [-0.25, -0.2) is 0 Å². The molecule has 21 heavy (non-hydrogen) atoms. The van der Waals surface area contributed by atoms with Crippen LogP contribution in [0.3, 0.4) is 0 Å². The molecule has 1 aromatic rings. The molecule has 2 rings (SSSR count). The molecule has 1 fully saturated rings. The van der Waals surface area contributed by atoms with Gasteiger partial charge in [0.1, 0.15) is 0 Å². The van der Waals surface area contributed by atoms with Gasteiger partial charge in [-0.3, -0.25) is 9.59 Å². The normalized spacial score (nSPS) is 19.8. The summed E-state index contributed by atoms with van der Waals surface area (Å²) in [6.45, 7) is 2.78. The highest BCUT2D eigenvalue weighted by Gasteiger charge is 2.20. The van der Waals surface area contributed by atoms with Crippen LogP contribution in [-0.2, 0) is 9.59 Å². The maximum absolute atomic E-state index is 12.1. The summed E-state index contributed by atoms with van der Waals surface area (Å²) >= 11 is 0. The number of hydrogen-bond donors (Lipinski definition) is 3. The Morgan fingerprint density at radius 2 is 2.05 bits per heavy atom. The van der Waals surface area contributed by atoms with Crippen LogP contribution >= 0.6 is 0 Å². The Morgan fingerprint density at radius 3 is 2.62 bits per heavy atom. The quantitative estimate of drug-likeness (QED) is 0.778. The lowest BCUT2D eigenvalue weighted by atomic mass is 9.97. The minimum atomic E-state index is -0.803. The van der Waals surface area contributed by atoms with E-state index in [1.165, 1.54) is 0 Å². The molecule has 0 saturated carbocycles. The zero-order valence-corrected chi connectivity index (χ0v) is 12.3. The Hall–Kier alpha value is -1.88. The van der Waals surface area contributed by atoms with Gasteiger partial charge in [0.15, 0.2) is 0 Å². The van der Waals surface area contributed by atoms with Gasteiger partial charge in [0.05, 0.1) is 12.5 Å². The molecule has 0 bridgehead atoms. The lowest BCUT2D eigenvalue weighted by Gasteiger charge is -2.22. The monoisotopic (exact) mass is 290 g/mol. The van der Waals surface area contributed by atoms with Crippen LogP contribution in [0.15, 0.2) is 24.3 Å². The molecule has 1 saturated heterocycles. The lowest BCUT2D eigenvalue weighted by molar-refractivity contribution is -0.137. The van der Waals surface area contributed by atoms with E-state index < -0.39 is 5.97 Å². The van der Waals surface area contributed by atoms with Crippen molar-refractivity contribution >= 4 is 17.6 Å². The fraction of sp³-hybridized carbons (Fsp3) is 0.500. The average Bonchev–Trinajstić information content (AvgIpc) is 2.48. The van der Waals surface area contributed by atoms with Crippen LogP contribution in [-0.4, -0.2) is 29.6 Å². The topological polar surface area (TPSA) is 78.4 Å². The van der Waals surface area contributed by atoms with Gasteiger partial charge in [-0.05, 0) is 43.0 Å². The zero-order valence-electron chi connectivity index (χ0n) is 12.3. The van der Waals surface area contributed by atoms with Crippen molar-refractivity contribution in [2.24, 2.45) is 0 Å². The molecular weight excluding hydrogens is 268 g/mol. The highest BCUT2D eigenvalue weighted by molar-refractivity contribution is 5.94. The van der Waals surface area contributed by atoms with E-state index in [2.05, 4.69) is 10.6 Å². The van der Waals surface area contributed by atoms with Crippen LogP contribution in [0.4, 0.5) is 5.69 Å². The van der Waals surface area contributed by atoms with Gasteiger partial charge < -0.3 is 15.7 Å². The SMILES string of the molecule is CC(CC(=O)O)c1ccc(NC(=O)[C@H]2CCCCN2)cc1. The number of aliphatic carboxylic acids is 1. The van der Waals surface area contributed by atoms with Gasteiger partial charge in [-0.2, -0.15) is 0 Å². The molecule has 5 nitrogen and oxygen atoms in total. The maximum Gasteiger partial charge on any atom is 0.303 e. The van der Waals surface area contributed by atoms with Gasteiger partial charge in [0, 0.05) is 5.69 Å². The number of hydrogen-bond acceptors (Lipinski definition) is 3. The number of carbonyl (C=O) groups is 2. The maximum atomic E-state index is 12.1. The minimum Gasteiger partial charge on any atom is -0.481 e. The highest BCUT2D eigenvalue weighted by Crippen LogP contribution is 2.21. The summed E-state index contributed by atoms with van der Waals surface area (Å²) in [5.41, 5.74) is 1.71. The molecule has 0 aliphatic carbocycles. The first-order chi connectivity index (χ1) is 10.1. The van der Waals surface area contributed by atoms with Gasteiger partial charge in [-0.1, -0.05) is 25.5 Å². The fourth-order valence-electron chi connectivity index (χ4n) is 2.58.